The minimum absolute atomic E-state index is 0.668. The van der Waals surface area contributed by atoms with Gasteiger partial charge in [-0.1, -0.05) is 39.7 Å². The number of hydrogen-bond acceptors (Lipinski definition) is 1. The molecule has 0 bridgehead atoms. The van der Waals surface area contributed by atoms with Crippen LogP contribution in [0.4, 0.5) is 0 Å². The number of pyridine rings is 1. The fourth-order valence-corrected chi connectivity index (χ4v) is 1.07. The Kier molecular flexibility index (Phi) is 3.60. The van der Waals surface area contributed by atoms with Gasteiger partial charge in [0.25, 0.3) is 0 Å². The van der Waals surface area contributed by atoms with Crippen LogP contribution < -0.4 is 0 Å². The average Bonchev–Trinajstić information content (AvgIpc) is 2.01. The summed E-state index contributed by atoms with van der Waals surface area (Å²) in [6, 6.07) is 1.87. The Bertz CT molecular complexity index is 260. The van der Waals surface area contributed by atoms with E-state index in [2.05, 4.69) is 20.9 Å². The lowest BCUT2D eigenvalue weighted by molar-refractivity contribution is 1.32. The molecular weight excluding hydrogens is 225 g/mol. The van der Waals surface area contributed by atoms with Crippen molar-refractivity contribution in [3.05, 3.63) is 35.1 Å². The molecule has 0 amide bonds. The summed E-state index contributed by atoms with van der Waals surface area (Å²) in [5.41, 5.74) is 1.02. The average molecular weight is 233 g/mol. The number of aromatic nitrogens is 1. The van der Waals surface area contributed by atoms with Gasteiger partial charge in [-0.25, -0.2) is 0 Å². The van der Waals surface area contributed by atoms with Crippen molar-refractivity contribution in [2.45, 2.75) is 0 Å². The first-order chi connectivity index (χ1) is 5.33. The second-order valence-corrected chi connectivity index (χ2v) is 3.08. The van der Waals surface area contributed by atoms with E-state index in [1.165, 1.54) is 0 Å². The molecule has 0 unspecified atom stereocenters. The molecule has 0 aliphatic carbocycles. The topological polar surface area (TPSA) is 12.9 Å². The van der Waals surface area contributed by atoms with E-state index in [-0.39, 0.29) is 0 Å². The van der Waals surface area contributed by atoms with Gasteiger partial charge in [-0.05, 0) is 11.6 Å². The van der Waals surface area contributed by atoms with E-state index in [0.717, 1.165) is 10.9 Å². The first kappa shape index (κ1) is 8.75. The van der Waals surface area contributed by atoms with Crippen LogP contribution in [0.15, 0.2) is 24.5 Å². The second kappa shape index (κ2) is 4.52. The summed E-state index contributed by atoms with van der Waals surface area (Å²) >= 11 is 9.00. The lowest BCUT2D eigenvalue weighted by Crippen LogP contribution is -1.75. The van der Waals surface area contributed by atoms with E-state index in [9.17, 15) is 0 Å². The Morgan fingerprint density at radius 2 is 2.36 bits per heavy atom. The summed E-state index contributed by atoms with van der Waals surface area (Å²) < 4.78 is 0. The highest BCUT2D eigenvalue weighted by Gasteiger charge is 1.88. The maximum atomic E-state index is 5.72. The van der Waals surface area contributed by atoms with Gasteiger partial charge in [0.1, 0.15) is 0 Å². The molecule has 58 valence electrons. The van der Waals surface area contributed by atoms with Gasteiger partial charge in [0.2, 0.25) is 0 Å². The summed E-state index contributed by atoms with van der Waals surface area (Å²) in [7, 11) is 0. The molecule has 0 spiro atoms. The van der Waals surface area contributed by atoms with Crippen LogP contribution in [0, 0.1) is 0 Å². The molecule has 0 fully saturated rings. The summed E-state index contributed by atoms with van der Waals surface area (Å²) in [5, 5.41) is 1.52. The van der Waals surface area contributed by atoms with E-state index >= 15 is 0 Å². The summed E-state index contributed by atoms with van der Waals surface area (Å²) in [6.07, 6.45) is 7.35. The predicted octanol–water partition coefficient (Wildman–Crippen LogP) is 3.14. The van der Waals surface area contributed by atoms with Gasteiger partial charge < -0.3 is 0 Å². The lowest BCUT2D eigenvalue weighted by atomic mass is 10.3. The third-order valence-corrected chi connectivity index (χ3v) is 1.71. The Hall–Kier alpha value is -0.340. The zero-order chi connectivity index (χ0) is 8.10. The summed E-state index contributed by atoms with van der Waals surface area (Å²) in [4.78, 5) is 3.94. The van der Waals surface area contributed by atoms with Crippen molar-refractivity contribution in [3.8, 4) is 0 Å². The van der Waals surface area contributed by atoms with Gasteiger partial charge in [0.15, 0.2) is 0 Å². The predicted molar refractivity (Wildman–Crippen MR) is 52.1 cm³/mol. The Balaban J connectivity index is 2.79. The molecule has 1 aromatic rings. The van der Waals surface area contributed by atoms with Crippen molar-refractivity contribution in [3.63, 3.8) is 0 Å². The smallest absolute Gasteiger partial charge is 0.0595 e. The van der Waals surface area contributed by atoms with E-state index in [1.54, 1.807) is 12.4 Å². The van der Waals surface area contributed by atoms with Crippen LogP contribution in [0.3, 0.4) is 0 Å². The van der Waals surface area contributed by atoms with Crippen LogP contribution in [0.25, 0.3) is 6.08 Å². The SMILES string of the molecule is Clc1cncc(C=CCBr)c1. The third-order valence-electron chi connectivity index (χ3n) is 1.13. The highest BCUT2D eigenvalue weighted by atomic mass is 79.9. The van der Waals surface area contributed by atoms with Crippen molar-refractivity contribution in [1.29, 1.82) is 0 Å². The van der Waals surface area contributed by atoms with Crippen LogP contribution in [0.5, 0.6) is 0 Å². The molecule has 3 heteroatoms. The first-order valence-electron chi connectivity index (χ1n) is 3.16. The van der Waals surface area contributed by atoms with E-state index < -0.39 is 0 Å². The number of alkyl halides is 1. The van der Waals surface area contributed by atoms with Crippen molar-refractivity contribution >= 4 is 33.6 Å². The zero-order valence-electron chi connectivity index (χ0n) is 5.80. The van der Waals surface area contributed by atoms with Crippen LogP contribution in [0.1, 0.15) is 5.56 Å². The largest absolute Gasteiger partial charge is 0.263 e. The van der Waals surface area contributed by atoms with Crippen LogP contribution in [-0.4, -0.2) is 10.3 Å². The van der Waals surface area contributed by atoms with E-state index in [4.69, 9.17) is 11.6 Å². The molecule has 0 saturated heterocycles. The Morgan fingerprint density at radius 3 is 3.00 bits per heavy atom. The summed E-state index contributed by atoms with van der Waals surface area (Å²) in [6.45, 7) is 0. The van der Waals surface area contributed by atoms with Crippen LogP contribution in [0.2, 0.25) is 5.02 Å². The molecule has 1 rings (SSSR count). The van der Waals surface area contributed by atoms with Gasteiger partial charge >= 0.3 is 0 Å². The normalized spacial score (nSPS) is 10.7. The first-order valence-corrected chi connectivity index (χ1v) is 4.66. The fourth-order valence-electron chi connectivity index (χ4n) is 0.700. The molecular formula is C8H7BrClN. The maximum absolute atomic E-state index is 5.72. The number of nitrogens with zero attached hydrogens (tertiary/aromatic N) is 1. The molecule has 0 saturated carbocycles. The third kappa shape index (κ3) is 3.04. The molecule has 1 nitrogen and oxygen atoms in total. The molecule has 0 atom stereocenters. The lowest BCUT2D eigenvalue weighted by Gasteiger charge is -1.91. The molecule has 1 heterocycles. The molecule has 0 aliphatic heterocycles. The number of allylic oxidation sites excluding steroid dienone is 1. The maximum Gasteiger partial charge on any atom is 0.0595 e. The molecule has 0 radical (unpaired) electrons. The molecule has 0 N–H and O–H groups in total. The molecule has 1 aromatic heterocycles. The molecule has 0 aromatic carbocycles. The van der Waals surface area contributed by atoms with Crippen molar-refractivity contribution in [1.82, 2.24) is 4.98 Å². The van der Waals surface area contributed by atoms with Crippen molar-refractivity contribution in [2.24, 2.45) is 0 Å². The number of rotatable bonds is 2. The highest BCUT2D eigenvalue weighted by molar-refractivity contribution is 9.09. The van der Waals surface area contributed by atoms with E-state index in [1.807, 2.05) is 18.2 Å². The number of halogens is 2. The van der Waals surface area contributed by atoms with Crippen LogP contribution in [-0.2, 0) is 0 Å². The van der Waals surface area contributed by atoms with Gasteiger partial charge in [-0.2, -0.15) is 0 Å². The minimum atomic E-state index is 0.668. The molecule has 0 aliphatic rings. The van der Waals surface area contributed by atoms with E-state index in [0.29, 0.717) is 5.02 Å². The Labute approximate surface area is 79.2 Å². The fraction of sp³-hybridized carbons (Fsp3) is 0.125. The monoisotopic (exact) mass is 231 g/mol. The van der Waals surface area contributed by atoms with Gasteiger partial charge in [0.05, 0.1) is 5.02 Å². The second-order valence-electron chi connectivity index (χ2n) is 1.99. The van der Waals surface area contributed by atoms with Crippen molar-refractivity contribution < 1.29 is 0 Å². The minimum Gasteiger partial charge on any atom is -0.263 e. The standard InChI is InChI=1S/C8H7BrClN/c9-3-1-2-7-4-8(10)6-11-5-7/h1-2,4-6H,3H2. The molecule has 11 heavy (non-hydrogen) atoms. The van der Waals surface area contributed by atoms with Gasteiger partial charge in [-0.3, -0.25) is 4.98 Å². The van der Waals surface area contributed by atoms with Gasteiger partial charge in [-0.15, -0.1) is 0 Å². The number of hydrogen-bond donors (Lipinski definition) is 0. The summed E-state index contributed by atoms with van der Waals surface area (Å²) in [5.74, 6) is 0. The Morgan fingerprint density at radius 1 is 1.55 bits per heavy atom. The van der Waals surface area contributed by atoms with Gasteiger partial charge in [0, 0.05) is 17.7 Å². The van der Waals surface area contributed by atoms with Crippen molar-refractivity contribution in [2.75, 3.05) is 5.33 Å². The zero-order valence-corrected chi connectivity index (χ0v) is 8.14. The quantitative estimate of drug-likeness (QED) is 0.714. The van der Waals surface area contributed by atoms with Crippen LogP contribution >= 0.6 is 27.5 Å². The highest BCUT2D eigenvalue weighted by Crippen LogP contribution is 2.09.